The number of benzene rings is 1. The second kappa shape index (κ2) is 10.2. The number of aromatic nitrogens is 2. The number of carbonyl (C=O) groups excluding carboxylic acids is 2. The molecule has 0 spiro atoms. The minimum Gasteiger partial charge on any atom is -0.416 e. The Kier molecular flexibility index (Phi) is 7.52. The monoisotopic (exact) mass is 487 g/mol. The number of hydrogen-bond donors (Lipinski definition) is 3. The van der Waals surface area contributed by atoms with Crippen LogP contribution in [-0.4, -0.2) is 47.2 Å². The number of esters is 1. The smallest absolute Gasteiger partial charge is 0.416 e. The van der Waals surface area contributed by atoms with E-state index in [1.807, 2.05) is 6.92 Å². The molecule has 2 aromatic rings. The largest absolute Gasteiger partial charge is 0.491 e. The maximum absolute atomic E-state index is 14.1. The highest BCUT2D eigenvalue weighted by Crippen LogP contribution is 2.29. The van der Waals surface area contributed by atoms with Crippen LogP contribution >= 0.6 is 0 Å². The van der Waals surface area contributed by atoms with Crippen molar-refractivity contribution in [3.63, 3.8) is 0 Å². The van der Waals surface area contributed by atoms with E-state index in [4.69, 9.17) is 0 Å². The lowest BCUT2D eigenvalue weighted by Crippen LogP contribution is -2.40. The average Bonchev–Trinajstić information content (AvgIpc) is 2.78. The quantitative estimate of drug-likeness (QED) is 0.324. The molecule has 3 rings (SSSR count). The van der Waals surface area contributed by atoms with Crippen LogP contribution in [0.15, 0.2) is 18.3 Å². The Hall–Kier alpha value is -3.51. The molecule has 34 heavy (non-hydrogen) atoms. The molecule has 1 amide bonds. The van der Waals surface area contributed by atoms with Gasteiger partial charge in [-0.25, -0.2) is 14.2 Å². The maximum atomic E-state index is 14.1. The summed E-state index contributed by atoms with van der Waals surface area (Å²) in [5.74, 6) is -7.46. The van der Waals surface area contributed by atoms with Crippen LogP contribution in [0.2, 0.25) is 0 Å². The van der Waals surface area contributed by atoms with Crippen molar-refractivity contribution < 1.29 is 36.3 Å². The molecule has 0 radical (unpaired) electrons. The fourth-order valence-corrected chi connectivity index (χ4v) is 3.55. The van der Waals surface area contributed by atoms with E-state index < -0.39 is 41.0 Å². The summed E-state index contributed by atoms with van der Waals surface area (Å²) in [4.78, 5) is 32.3. The fraction of sp³-hybridized carbons (Fsp3) is 0.429. The molecule has 1 aromatic heterocycles. The number of hydrogen-bond acceptors (Lipinski definition) is 7. The van der Waals surface area contributed by atoms with Crippen molar-refractivity contribution in [2.45, 2.75) is 50.9 Å². The van der Waals surface area contributed by atoms with Gasteiger partial charge < -0.3 is 20.7 Å². The van der Waals surface area contributed by atoms with Crippen LogP contribution in [-0.2, 0) is 4.79 Å². The maximum Gasteiger partial charge on any atom is 0.491 e. The van der Waals surface area contributed by atoms with Gasteiger partial charge in [-0.05, 0) is 44.7 Å². The van der Waals surface area contributed by atoms with Crippen LogP contribution in [0.25, 0.3) is 0 Å². The summed E-state index contributed by atoms with van der Waals surface area (Å²) < 4.78 is 69.1. The van der Waals surface area contributed by atoms with E-state index in [1.54, 1.807) is 13.2 Å². The van der Waals surface area contributed by atoms with Crippen molar-refractivity contribution in [2.24, 2.45) is 0 Å². The molecule has 3 N–H and O–H groups in total. The molecule has 1 aromatic carbocycles. The molecule has 1 aliphatic rings. The molecule has 0 atom stereocenters. The fourth-order valence-electron chi connectivity index (χ4n) is 3.55. The van der Waals surface area contributed by atoms with Crippen LogP contribution in [0.1, 0.15) is 41.6 Å². The molecule has 184 valence electrons. The van der Waals surface area contributed by atoms with Gasteiger partial charge in [-0.3, -0.25) is 4.79 Å². The van der Waals surface area contributed by atoms with E-state index in [9.17, 15) is 31.5 Å². The minimum absolute atomic E-state index is 0.0205. The van der Waals surface area contributed by atoms with Gasteiger partial charge in [0.1, 0.15) is 5.82 Å². The number of nitrogens with one attached hydrogen (secondary N) is 3. The lowest BCUT2D eigenvalue weighted by molar-refractivity contribution is -0.189. The van der Waals surface area contributed by atoms with Gasteiger partial charge in [0, 0.05) is 30.9 Å². The highest BCUT2D eigenvalue weighted by molar-refractivity contribution is 5.98. The first-order valence-electron chi connectivity index (χ1n) is 10.4. The van der Waals surface area contributed by atoms with Gasteiger partial charge in [0.05, 0.1) is 5.56 Å². The van der Waals surface area contributed by atoms with Crippen molar-refractivity contribution in [3.8, 4) is 5.75 Å². The van der Waals surface area contributed by atoms with Gasteiger partial charge >= 0.3 is 12.1 Å². The molecule has 1 aliphatic carbocycles. The van der Waals surface area contributed by atoms with Gasteiger partial charge in [0.2, 0.25) is 11.8 Å². The Labute approximate surface area is 191 Å². The number of aryl methyl sites for hydroxylation is 1. The summed E-state index contributed by atoms with van der Waals surface area (Å²) in [7, 11) is 1.75. The zero-order valence-corrected chi connectivity index (χ0v) is 18.2. The normalized spacial score (nSPS) is 18.2. The molecule has 1 heterocycles. The average molecular weight is 487 g/mol. The van der Waals surface area contributed by atoms with E-state index in [0.29, 0.717) is 43.5 Å². The minimum atomic E-state index is -5.45. The third-order valence-electron chi connectivity index (χ3n) is 5.32. The van der Waals surface area contributed by atoms with Gasteiger partial charge in [0.15, 0.2) is 11.6 Å². The topological polar surface area (TPSA) is 105 Å². The molecule has 0 bridgehead atoms. The molecule has 8 nitrogen and oxygen atoms in total. The zero-order valence-electron chi connectivity index (χ0n) is 18.2. The number of alkyl halides is 3. The number of halogens is 5. The van der Waals surface area contributed by atoms with Crippen LogP contribution in [0.4, 0.5) is 33.7 Å². The highest BCUT2D eigenvalue weighted by Gasteiger charge is 2.42. The number of carbonyl (C=O) groups is 2. The molecule has 13 heteroatoms. The number of ether oxygens (including phenoxy) is 1. The molecular formula is C21H22F5N5O3. The van der Waals surface area contributed by atoms with Crippen molar-refractivity contribution in [1.29, 1.82) is 0 Å². The summed E-state index contributed by atoms with van der Waals surface area (Å²) in [6.07, 6.45) is -1.55. The molecule has 1 fully saturated rings. The Morgan fingerprint density at radius 1 is 1.09 bits per heavy atom. The first-order chi connectivity index (χ1) is 16.0. The van der Waals surface area contributed by atoms with Gasteiger partial charge in [-0.15, -0.1) is 0 Å². The van der Waals surface area contributed by atoms with E-state index >= 15 is 0 Å². The zero-order chi connectivity index (χ0) is 25.0. The molecule has 0 aliphatic heterocycles. The Balaban J connectivity index is 1.63. The number of rotatable bonds is 6. The van der Waals surface area contributed by atoms with E-state index in [2.05, 4.69) is 30.7 Å². The predicted octanol–water partition coefficient (Wildman–Crippen LogP) is 3.73. The summed E-state index contributed by atoms with van der Waals surface area (Å²) in [5, 5.41) is 8.76. The lowest BCUT2D eigenvalue weighted by atomic mass is 9.91. The molecule has 0 saturated heterocycles. The van der Waals surface area contributed by atoms with Gasteiger partial charge in [-0.1, -0.05) is 0 Å². The van der Waals surface area contributed by atoms with Crippen LogP contribution < -0.4 is 20.7 Å². The summed E-state index contributed by atoms with van der Waals surface area (Å²) in [5.41, 5.74) is 0.168. The summed E-state index contributed by atoms with van der Waals surface area (Å²) >= 11 is 0. The summed E-state index contributed by atoms with van der Waals surface area (Å²) in [6.45, 7) is 1.87. The van der Waals surface area contributed by atoms with Crippen LogP contribution in [0, 0.1) is 18.6 Å². The molecule has 0 unspecified atom stereocenters. The van der Waals surface area contributed by atoms with Crippen LogP contribution in [0.5, 0.6) is 5.75 Å². The SMILES string of the molecule is CNc1nc(NC2CCC(NC(=O)c3ccc(F)c(F)c3OC(=O)C(F)(F)F)CC2)ncc1C. The third kappa shape index (κ3) is 5.88. The highest BCUT2D eigenvalue weighted by atomic mass is 19.4. The standard InChI is InChI=1S/C21H22F5N5O3/c1-10-9-28-20(31-17(10)27-2)30-12-5-3-11(4-6-12)29-18(32)13-7-8-14(22)15(23)16(13)34-19(33)21(24,25)26/h7-9,11-12H,3-6H2,1-2H3,(H,29,32)(H2,27,28,30,31). The van der Waals surface area contributed by atoms with E-state index in [0.717, 1.165) is 11.6 Å². The Morgan fingerprint density at radius 3 is 2.35 bits per heavy atom. The number of amides is 1. The third-order valence-corrected chi connectivity index (χ3v) is 5.32. The number of nitrogens with zero attached hydrogens (tertiary/aromatic N) is 2. The molecule has 1 saturated carbocycles. The van der Waals surface area contributed by atoms with Crippen molar-refractivity contribution in [3.05, 3.63) is 41.1 Å². The molecular weight excluding hydrogens is 465 g/mol. The van der Waals surface area contributed by atoms with Crippen molar-refractivity contribution in [1.82, 2.24) is 15.3 Å². The van der Waals surface area contributed by atoms with Crippen molar-refractivity contribution >= 4 is 23.6 Å². The van der Waals surface area contributed by atoms with E-state index in [1.165, 1.54) is 0 Å². The first kappa shape index (κ1) is 25.1. The van der Waals surface area contributed by atoms with E-state index in [-0.39, 0.29) is 12.1 Å². The van der Waals surface area contributed by atoms with Gasteiger partial charge in [0.25, 0.3) is 5.91 Å². The second-order valence-electron chi connectivity index (χ2n) is 7.77. The van der Waals surface area contributed by atoms with Crippen LogP contribution in [0.3, 0.4) is 0 Å². The predicted molar refractivity (Wildman–Crippen MR) is 111 cm³/mol. The Morgan fingerprint density at radius 2 is 1.74 bits per heavy atom. The Bertz CT molecular complexity index is 1070. The lowest BCUT2D eigenvalue weighted by Gasteiger charge is -2.30. The second-order valence-corrected chi connectivity index (χ2v) is 7.77. The van der Waals surface area contributed by atoms with Crippen molar-refractivity contribution in [2.75, 3.05) is 17.7 Å². The first-order valence-corrected chi connectivity index (χ1v) is 10.4. The summed E-state index contributed by atoms with van der Waals surface area (Å²) in [6, 6.07) is 0.967. The van der Waals surface area contributed by atoms with Gasteiger partial charge in [-0.2, -0.15) is 22.5 Å². The number of anilines is 2.